The summed E-state index contributed by atoms with van der Waals surface area (Å²) in [5.41, 5.74) is 0.665. The number of halogens is 1. The summed E-state index contributed by atoms with van der Waals surface area (Å²) < 4.78 is 5.91. The number of amidine groups is 1. The maximum atomic E-state index is 9.91. The van der Waals surface area contributed by atoms with Gasteiger partial charge in [-0.05, 0) is 12.1 Å². The molecule has 0 spiro atoms. The second-order valence-electron chi connectivity index (χ2n) is 3.16. The lowest BCUT2D eigenvalue weighted by Gasteiger charge is -2.10. The molecule has 2 rings (SSSR count). The highest BCUT2D eigenvalue weighted by atomic mass is 79.9. The Morgan fingerprint density at radius 3 is 2.93 bits per heavy atom. The summed E-state index contributed by atoms with van der Waals surface area (Å²) in [6.45, 7) is 1.55. The average molecular weight is 271 g/mol. The molecule has 4 nitrogen and oxygen atoms in total. The molecule has 5 heteroatoms. The number of methoxy groups -OCH3 is 1. The Bertz CT molecular complexity index is 418. The number of hydrogen-bond donors (Lipinski definition) is 2. The van der Waals surface area contributed by atoms with Gasteiger partial charge in [0.05, 0.1) is 19.2 Å². The topological polar surface area (TPSA) is 53.8 Å². The van der Waals surface area contributed by atoms with E-state index in [9.17, 15) is 5.11 Å². The molecule has 0 bridgehead atoms. The van der Waals surface area contributed by atoms with Crippen molar-refractivity contribution in [3.63, 3.8) is 0 Å². The summed E-state index contributed by atoms with van der Waals surface area (Å²) in [6, 6.07) is 3.53. The lowest BCUT2D eigenvalue weighted by molar-refractivity contribution is 0.372. The van der Waals surface area contributed by atoms with Crippen LogP contribution in [-0.2, 0) is 0 Å². The highest BCUT2D eigenvalue weighted by Crippen LogP contribution is 2.33. The first kappa shape index (κ1) is 10.3. The molecule has 1 heterocycles. The van der Waals surface area contributed by atoms with Crippen molar-refractivity contribution < 1.29 is 9.84 Å². The third-order valence-electron chi connectivity index (χ3n) is 2.19. The predicted molar refractivity (Wildman–Crippen MR) is 61.8 cm³/mol. The Balaban J connectivity index is 2.50. The summed E-state index contributed by atoms with van der Waals surface area (Å²) in [7, 11) is 1.52. The molecule has 0 atom stereocenters. The zero-order valence-corrected chi connectivity index (χ0v) is 9.84. The first-order valence-electron chi connectivity index (χ1n) is 4.57. The normalized spacial score (nSPS) is 14.7. The van der Waals surface area contributed by atoms with Gasteiger partial charge in [-0.25, -0.2) is 0 Å². The van der Waals surface area contributed by atoms with Crippen LogP contribution in [0, 0.1) is 0 Å². The third kappa shape index (κ3) is 1.92. The number of rotatable bonds is 2. The van der Waals surface area contributed by atoms with Crippen molar-refractivity contribution in [3.8, 4) is 11.5 Å². The molecule has 0 aromatic heterocycles. The van der Waals surface area contributed by atoms with E-state index in [1.807, 2.05) is 6.07 Å². The molecule has 0 saturated heterocycles. The van der Waals surface area contributed by atoms with Crippen molar-refractivity contribution in [3.05, 3.63) is 22.2 Å². The van der Waals surface area contributed by atoms with Crippen LogP contribution in [0.4, 0.5) is 0 Å². The zero-order valence-electron chi connectivity index (χ0n) is 8.25. The van der Waals surface area contributed by atoms with Gasteiger partial charge in [-0.1, -0.05) is 15.9 Å². The number of hydrogen-bond acceptors (Lipinski definition) is 4. The fourth-order valence-corrected chi connectivity index (χ4v) is 1.93. The fraction of sp³-hybridized carbons (Fsp3) is 0.300. The van der Waals surface area contributed by atoms with E-state index < -0.39 is 0 Å². The number of phenols is 1. The van der Waals surface area contributed by atoms with Gasteiger partial charge < -0.3 is 15.2 Å². The first-order valence-corrected chi connectivity index (χ1v) is 5.37. The summed E-state index contributed by atoms with van der Waals surface area (Å²) >= 11 is 3.36. The molecule has 0 radical (unpaired) electrons. The Morgan fingerprint density at radius 2 is 2.33 bits per heavy atom. The summed E-state index contributed by atoms with van der Waals surface area (Å²) in [5, 5.41) is 13.0. The quantitative estimate of drug-likeness (QED) is 0.857. The molecule has 0 aliphatic carbocycles. The fourth-order valence-electron chi connectivity index (χ4n) is 1.49. The third-order valence-corrected chi connectivity index (χ3v) is 2.65. The van der Waals surface area contributed by atoms with Gasteiger partial charge in [-0.3, -0.25) is 4.99 Å². The Hall–Kier alpha value is -1.23. The maximum Gasteiger partial charge on any atom is 0.168 e. The van der Waals surface area contributed by atoms with Crippen LogP contribution < -0.4 is 10.1 Å². The minimum Gasteiger partial charge on any atom is -0.504 e. The zero-order chi connectivity index (χ0) is 10.8. The number of nitrogens with one attached hydrogen (secondary N) is 1. The van der Waals surface area contributed by atoms with Gasteiger partial charge >= 0.3 is 0 Å². The molecular formula is C10H11BrN2O2. The maximum absolute atomic E-state index is 9.91. The Morgan fingerprint density at radius 1 is 1.53 bits per heavy atom. The van der Waals surface area contributed by atoms with Gasteiger partial charge in [0, 0.05) is 11.0 Å². The molecule has 1 aromatic rings. The Kier molecular flexibility index (Phi) is 2.81. The van der Waals surface area contributed by atoms with Crippen molar-refractivity contribution in [2.75, 3.05) is 20.2 Å². The second kappa shape index (κ2) is 4.10. The molecule has 2 N–H and O–H groups in total. The van der Waals surface area contributed by atoms with Crippen LogP contribution in [-0.4, -0.2) is 31.1 Å². The number of phenolic OH excluding ortho intramolecular Hbond substituents is 1. The lowest BCUT2D eigenvalue weighted by atomic mass is 10.1. The minimum atomic E-state index is 0.119. The minimum absolute atomic E-state index is 0.119. The van der Waals surface area contributed by atoms with Gasteiger partial charge in [0.15, 0.2) is 11.5 Å². The molecule has 0 amide bonds. The number of benzene rings is 1. The van der Waals surface area contributed by atoms with E-state index in [1.165, 1.54) is 7.11 Å². The molecule has 1 aliphatic heterocycles. The number of ether oxygens (including phenoxy) is 1. The molecule has 0 unspecified atom stereocenters. The van der Waals surface area contributed by atoms with E-state index in [0.717, 1.165) is 17.6 Å². The molecule has 0 saturated carbocycles. The molecular weight excluding hydrogens is 260 g/mol. The van der Waals surface area contributed by atoms with E-state index in [1.54, 1.807) is 6.07 Å². The highest BCUT2D eigenvalue weighted by Gasteiger charge is 2.16. The van der Waals surface area contributed by atoms with E-state index >= 15 is 0 Å². The van der Waals surface area contributed by atoms with E-state index in [4.69, 9.17) is 4.74 Å². The first-order chi connectivity index (χ1) is 7.22. The summed E-state index contributed by atoms with van der Waals surface area (Å²) in [4.78, 5) is 4.25. The van der Waals surface area contributed by atoms with Crippen LogP contribution in [0.3, 0.4) is 0 Å². The van der Waals surface area contributed by atoms with Crippen LogP contribution in [0.1, 0.15) is 5.56 Å². The number of nitrogens with zero attached hydrogens (tertiary/aromatic N) is 1. The van der Waals surface area contributed by atoms with Crippen molar-refractivity contribution in [2.45, 2.75) is 0 Å². The van der Waals surface area contributed by atoms with Gasteiger partial charge in [-0.2, -0.15) is 0 Å². The molecule has 15 heavy (non-hydrogen) atoms. The van der Waals surface area contributed by atoms with Crippen molar-refractivity contribution in [2.24, 2.45) is 4.99 Å². The average Bonchev–Trinajstić information content (AvgIpc) is 2.74. The summed E-state index contributed by atoms with van der Waals surface area (Å²) in [6.07, 6.45) is 0. The van der Waals surface area contributed by atoms with Crippen molar-refractivity contribution in [1.29, 1.82) is 0 Å². The predicted octanol–water partition coefficient (Wildman–Crippen LogP) is 1.51. The van der Waals surface area contributed by atoms with E-state index in [-0.39, 0.29) is 5.75 Å². The highest BCUT2D eigenvalue weighted by molar-refractivity contribution is 9.10. The van der Waals surface area contributed by atoms with E-state index in [0.29, 0.717) is 17.1 Å². The molecule has 1 aromatic carbocycles. The van der Waals surface area contributed by atoms with Gasteiger partial charge in [0.2, 0.25) is 0 Å². The molecule has 1 aliphatic rings. The van der Waals surface area contributed by atoms with Crippen molar-refractivity contribution >= 4 is 21.8 Å². The van der Waals surface area contributed by atoms with Crippen LogP contribution in [0.25, 0.3) is 0 Å². The van der Waals surface area contributed by atoms with Crippen molar-refractivity contribution in [1.82, 2.24) is 5.32 Å². The molecule has 0 fully saturated rings. The van der Waals surface area contributed by atoms with Gasteiger partial charge in [0.1, 0.15) is 5.84 Å². The SMILES string of the molecule is COc1cc(Br)cc(C2=NCCN2)c1O. The van der Waals surface area contributed by atoms with Crippen LogP contribution >= 0.6 is 15.9 Å². The van der Waals surface area contributed by atoms with Gasteiger partial charge in [-0.15, -0.1) is 0 Å². The second-order valence-corrected chi connectivity index (χ2v) is 4.08. The van der Waals surface area contributed by atoms with E-state index in [2.05, 4.69) is 26.2 Å². The monoisotopic (exact) mass is 270 g/mol. The number of aromatic hydroxyl groups is 1. The van der Waals surface area contributed by atoms with Crippen LogP contribution in [0.2, 0.25) is 0 Å². The van der Waals surface area contributed by atoms with Crippen LogP contribution in [0.5, 0.6) is 11.5 Å². The summed E-state index contributed by atoms with van der Waals surface area (Å²) in [5.74, 6) is 1.27. The Labute approximate surface area is 96.1 Å². The number of aliphatic imine (C=N–C) groups is 1. The lowest BCUT2D eigenvalue weighted by Crippen LogP contribution is -2.19. The largest absolute Gasteiger partial charge is 0.504 e. The van der Waals surface area contributed by atoms with Gasteiger partial charge in [0.25, 0.3) is 0 Å². The standard InChI is InChI=1S/C10H11BrN2O2/c1-15-8-5-6(11)4-7(9(8)14)10-12-2-3-13-10/h4-5,14H,2-3H2,1H3,(H,12,13). The smallest absolute Gasteiger partial charge is 0.168 e. The molecule has 80 valence electrons. The van der Waals surface area contributed by atoms with Crippen LogP contribution in [0.15, 0.2) is 21.6 Å².